The van der Waals surface area contributed by atoms with Crippen LogP contribution in [0.3, 0.4) is 0 Å². The van der Waals surface area contributed by atoms with Crippen LogP contribution in [0.2, 0.25) is 0 Å². The maximum atomic E-state index is 12.6. The number of carbonyl (C=O) groups is 1. The third-order valence-electron chi connectivity index (χ3n) is 5.19. The Balaban J connectivity index is 1.34. The van der Waals surface area contributed by atoms with Crippen LogP contribution in [0, 0.1) is 5.92 Å². The van der Waals surface area contributed by atoms with E-state index in [1.165, 1.54) is 19.3 Å². The molecule has 0 unspecified atom stereocenters. The number of rotatable bonds is 8. The van der Waals surface area contributed by atoms with Crippen LogP contribution < -0.4 is 4.74 Å². The predicted octanol–water partition coefficient (Wildman–Crippen LogP) is 5.13. The third-order valence-corrected chi connectivity index (χ3v) is 6.03. The Morgan fingerprint density at radius 3 is 2.58 bits per heavy atom. The highest BCUT2D eigenvalue weighted by Crippen LogP contribution is 2.30. The first-order chi connectivity index (χ1) is 12.8. The van der Waals surface area contributed by atoms with Crippen LogP contribution in [-0.2, 0) is 11.3 Å². The summed E-state index contributed by atoms with van der Waals surface area (Å²) >= 11 is 1.65. The Kier molecular flexibility index (Phi) is 5.40. The SMILES string of the molecule is O=C(/C=C/c1cccs1)N(Cc1ccc(OCC2CCC2)cc1)C1CC1. The van der Waals surface area contributed by atoms with E-state index < -0.39 is 0 Å². The molecule has 4 heteroatoms. The van der Waals surface area contributed by atoms with Crippen molar-refractivity contribution >= 4 is 23.3 Å². The fraction of sp³-hybridized carbons (Fsp3) is 0.409. The van der Waals surface area contributed by atoms with Crippen LogP contribution in [-0.4, -0.2) is 23.5 Å². The second-order valence-corrected chi connectivity index (χ2v) is 8.28. The summed E-state index contributed by atoms with van der Waals surface area (Å²) in [5.74, 6) is 1.78. The number of benzene rings is 1. The van der Waals surface area contributed by atoms with E-state index in [2.05, 4.69) is 12.1 Å². The quantitative estimate of drug-likeness (QED) is 0.605. The molecule has 1 heterocycles. The molecule has 2 saturated carbocycles. The molecule has 3 nitrogen and oxygen atoms in total. The van der Waals surface area contributed by atoms with Gasteiger partial charge in [0.1, 0.15) is 5.75 Å². The van der Waals surface area contributed by atoms with Gasteiger partial charge in [-0.15, -0.1) is 11.3 Å². The largest absolute Gasteiger partial charge is 0.493 e. The Hall–Kier alpha value is -2.07. The van der Waals surface area contributed by atoms with E-state index in [1.54, 1.807) is 17.4 Å². The van der Waals surface area contributed by atoms with Gasteiger partial charge in [-0.1, -0.05) is 24.6 Å². The minimum Gasteiger partial charge on any atom is -0.493 e. The Morgan fingerprint density at radius 2 is 1.96 bits per heavy atom. The lowest BCUT2D eigenvalue weighted by atomic mass is 9.86. The van der Waals surface area contributed by atoms with Crippen molar-refractivity contribution in [2.24, 2.45) is 5.92 Å². The molecule has 26 heavy (non-hydrogen) atoms. The van der Waals surface area contributed by atoms with Crippen molar-refractivity contribution in [1.29, 1.82) is 0 Å². The van der Waals surface area contributed by atoms with E-state index in [9.17, 15) is 4.79 Å². The summed E-state index contributed by atoms with van der Waals surface area (Å²) in [6.07, 6.45) is 9.80. The minimum absolute atomic E-state index is 0.103. The maximum absolute atomic E-state index is 12.6. The number of nitrogens with zero attached hydrogens (tertiary/aromatic N) is 1. The Bertz CT molecular complexity index is 743. The van der Waals surface area contributed by atoms with Gasteiger partial charge in [0, 0.05) is 23.5 Å². The smallest absolute Gasteiger partial charge is 0.247 e. The summed E-state index contributed by atoms with van der Waals surface area (Å²) in [6, 6.07) is 12.7. The summed E-state index contributed by atoms with van der Waals surface area (Å²) in [4.78, 5) is 15.7. The number of amides is 1. The number of carbonyl (C=O) groups excluding carboxylic acids is 1. The highest BCUT2D eigenvalue weighted by Gasteiger charge is 2.31. The number of hydrogen-bond acceptors (Lipinski definition) is 3. The summed E-state index contributed by atoms with van der Waals surface area (Å²) in [5.41, 5.74) is 1.16. The van der Waals surface area contributed by atoms with Crippen LogP contribution in [0.1, 0.15) is 42.5 Å². The zero-order valence-corrected chi connectivity index (χ0v) is 15.8. The molecule has 2 aromatic rings. The molecule has 1 aromatic heterocycles. The fourth-order valence-corrected chi connectivity index (χ4v) is 3.79. The first-order valence-electron chi connectivity index (χ1n) is 9.52. The lowest BCUT2D eigenvalue weighted by molar-refractivity contribution is -0.127. The zero-order valence-electron chi connectivity index (χ0n) is 15.0. The topological polar surface area (TPSA) is 29.5 Å². The first kappa shape index (κ1) is 17.3. The molecule has 0 spiro atoms. The maximum Gasteiger partial charge on any atom is 0.247 e. The summed E-state index contributed by atoms with van der Waals surface area (Å²) in [7, 11) is 0. The third kappa shape index (κ3) is 4.55. The van der Waals surface area contributed by atoms with Gasteiger partial charge in [0.25, 0.3) is 0 Å². The van der Waals surface area contributed by atoms with Gasteiger partial charge in [-0.3, -0.25) is 4.79 Å². The molecule has 0 N–H and O–H groups in total. The molecule has 1 amide bonds. The molecule has 2 aliphatic carbocycles. The average molecular weight is 368 g/mol. The molecule has 0 bridgehead atoms. The average Bonchev–Trinajstić information content (AvgIpc) is 3.32. The molecule has 0 atom stereocenters. The summed E-state index contributed by atoms with van der Waals surface area (Å²) in [6.45, 7) is 1.50. The molecule has 4 rings (SSSR count). The first-order valence-corrected chi connectivity index (χ1v) is 10.4. The highest BCUT2D eigenvalue weighted by atomic mass is 32.1. The number of ether oxygens (including phenoxy) is 1. The number of thiophene rings is 1. The molecule has 0 radical (unpaired) electrons. The Morgan fingerprint density at radius 1 is 1.15 bits per heavy atom. The Labute approximate surface area is 159 Å². The lowest BCUT2D eigenvalue weighted by Crippen LogP contribution is -2.31. The summed E-state index contributed by atoms with van der Waals surface area (Å²) in [5, 5.41) is 2.03. The van der Waals surface area contributed by atoms with Gasteiger partial charge >= 0.3 is 0 Å². The second-order valence-electron chi connectivity index (χ2n) is 7.30. The van der Waals surface area contributed by atoms with Crippen molar-refractivity contribution in [2.45, 2.75) is 44.7 Å². The van der Waals surface area contributed by atoms with Gasteiger partial charge in [0.05, 0.1) is 6.61 Å². The standard InChI is InChI=1S/C22H25NO2S/c24-22(13-12-21-5-2-14-26-21)23(19-8-9-19)15-17-6-10-20(11-7-17)25-16-18-3-1-4-18/h2,5-7,10-14,18-19H,1,3-4,8-9,15-16H2/b13-12+. The van der Waals surface area contributed by atoms with Gasteiger partial charge in [-0.2, -0.15) is 0 Å². The molecule has 136 valence electrons. The second kappa shape index (κ2) is 8.09. The lowest BCUT2D eigenvalue weighted by Gasteiger charge is -2.25. The van der Waals surface area contributed by atoms with E-state index >= 15 is 0 Å². The summed E-state index contributed by atoms with van der Waals surface area (Å²) < 4.78 is 5.87. The van der Waals surface area contributed by atoms with Crippen LogP contribution in [0.5, 0.6) is 5.75 Å². The predicted molar refractivity (Wildman–Crippen MR) is 106 cm³/mol. The number of hydrogen-bond donors (Lipinski definition) is 0. The molecule has 0 aliphatic heterocycles. The van der Waals surface area contributed by atoms with Crippen LogP contribution in [0.25, 0.3) is 6.08 Å². The molecule has 2 aliphatic rings. The minimum atomic E-state index is 0.103. The molecule has 2 fully saturated rings. The highest BCUT2D eigenvalue weighted by molar-refractivity contribution is 7.10. The van der Waals surface area contributed by atoms with E-state index in [0.29, 0.717) is 12.6 Å². The monoisotopic (exact) mass is 367 g/mol. The van der Waals surface area contributed by atoms with Gasteiger partial charge in [0.2, 0.25) is 5.91 Å². The molecule has 1 aromatic carbocycles. The van der Waals surface area contributed by atoms with Gasteiger partial charge in [-0.05, 0) is 66.8 Å². The van der Waals surface area contributed by atoms with Crippen LogP contribution in [0.15, 0.2) is 47.9 Å². The molecular weight excluding hydrogens is 342 g/mol. The van der Waals surface area contributed by atoms with Crippen LogP contribution >= 0.6 is 11.3 Å². The van der Waals surface area contributed by atoms with E-state index in [0.717, 1.165) is 41.6 Å². The van der Waals surface area contributed by atoms with Crippen LogP contribution in [0.4, 0.5) is 0 Å². The van der Waals surface area contributed by atoms with E-state index in [4.69, 9.17) is 4.74 Å². The van der Waals surface area contributed by atoms with E-state index in [-0.39, 0.29) is 5.91 Å². The van der Waals surface area contributed by atoms with Gasteiger partial charge in [0.15, 0.2) is 0 Å². The normalized spacial score (nSPS) is 17.2. The van der Waals surface area contributed by atoms with Crippen molar-refractivity contribution in [3.8, 4) is 5.75 Å². The van der Waals surface area contributed by atoms with Crippen molar-refractivity contribution < 1.29 is 9.53 Å². The van der Waals surface area contributed by atoms with Crippen molar-refractivity contribution in [3.63, 3.8) is 0 Å². The van der Waals surface area contributed by atoms with Crippen molar-refractivity contribution in [3.05, 3.63) is 58.3 Å². The molecule has 0 saturated heterocycles. The van der Waals surface area contributed by atoms with E-state index in [1.807, 2.05) is 40.6 Å². The van der Waals surface area contributed by atoms with Crippen molar-refractivity contribution in [2.75, 3.05) is 6.61 Å². The zero-order chi connectivity index (χ0) is 17.8. The van der Waals surface area contributed by atoms with Crippen molar-refractivity contribution in [1.82, 2.24) is 4.90 Å². The van der Waals surface area contributed by atoms with Gasteiger partial charge in [-0.25, -0.2) is 0 Å². The van der Waals surface area contributed by atoms with Gasteiger partial charge < -0.3 is 9.64 Å². The molecular formula is C22H25NO2S. The fourth-order valence-electron chi connectivity index (χ4n) is 3.17.